The minimum atomic E-state index is -1.13. The SMILES string of the molecule is Cc1ccc(C(=O)N2[C@@H](C(=O)O)COC23CCCCC3)cc1[N+](=O)[O-]. The van der Waals surface area contributed by atoms with Gasteiger partial charge in [-0.15, -0.1) is 0 Å². The molecule has 0 aromatic heterocycles. The molecule has 134 valence electrons. The molecule has 1 aromatic carbocycles. The van der Waals surface area contributed by atoms with E-state index in [-0.39, 0.29) is 17.9 Å². The van der Waals surface area contributed by atoms with Gasteiger partial charge < -0.3 is 9.84 Å². The number of nitrogens with zero attached hydrogens (tertiary/aromatic N) is 2. The molecule has 8 nitrogen and oxygen atoms in total. The van der Waals surface area contributed by atoms with Crippen LogP contribution in [0.4, 0.5) is 5.69 Å². The van der Waals surface area contributed by atoms with Gasteiger partial charge in [0.2, 0.25) is 0 Å². The van der Waals surface area contributed by atoms with Crippen molar-refractivity contribution in [1.29, 1.82) is 0 Å². The highest BCUT2D eigenvalue weighted by Crippen LogP contribution is 2.41. The van der Waals surface area contributed by atoms with Crippen LogP contribution in [0.25, 0.3) is 0 Å². The van der Waals surface area contributed by atoms with E-state index in [1.165, 1.54) is 23.1 Å². The monoisotopic (exact) mass is 348 g/mol. The molecule has 1 saturated carbocycles. The van der Waals surface area contributed by atoms with Gasteiger partial charge in [-0.1, -0.05) is 12.5 Å². The summed E-state index contributed by atoms with van der Waals surface area (Å²) in [6.07, 6.45) is 3.88. The molecule has 1 aliphatic heterocycles. The number of rotatable bonds is 3. The Bertz CT molecular complexity index is 726. The Morgan fingerprint density at radius 2 is 2.00 bits per heavy atom. The molecule has 3 rings (SSSR count). The molecule has 2 fully saturated rings. The van der Waals surface area contributed by atoms with E-state index in [1.54, 1.807) is 6.92 Å². The Balaban J connectivity index is 2.01. The molecule has 8 heteroatoms. The number of benzene rings is 1. The first kappa shape index (κ1) is 17.3. The lowest BCUT2D eigenvalue weighted by Gasteiger charge is -2.41. The summed E-state index contributed by atoms with van der Waals surface area (Å²) in [5.74, 6) is -1.66. The third-order valence-electron chi connectivity index (χ3n) is 5.05. The molecule has 1 N–H and O–H groups in total. The summed E-state index contributed by atoms with van der Waals surface area (Å²) in [5, 5.41) is 20.6. The third-order valence-corrected chi connectivity index (χ3v) is 5.05. The molecule has 1 saturated heterocycles. The van der Waals surface area contributed by atoms with Crippen molar-refractivity contribution in [2.24, 2.45) is 0 Å². The van der Waals surface area contributed by atoms with Crippen molar-refractivity contribution in [3.8, 4) is 0 Å². The van der Waals surface area contributed by atoms with Crippen LogP contribution >= 0.6 is 0 Å². The van der Waals surface area contributed by atoms with Crippen LogP contribution < -0.4 is 0 Å². The predicted octanol–water partition coefficient (Wildman–Crippen LogP) is 2.49. The van der Waals surface area contributed by atoms with Crippen molar-refractivity contribution < 1.29 is 24.4 Å². The number of nitro benzene ring substituents is 1. The number of carbonyl (C=O) groups is 2. The number of hydrogen-bond acceptors (Lipinski definition) is 5. The Labute approximate surface area is 144 Å². The first-order chi connectivity index (χ1) is 11.9. The second-order valence-corrected chi connectivity index (χ2v) is 6.61. The molecule has 1 aromatic rings. The van der Waals surface area contributed by atoms with Crippen molar-refractivity contribution in [3.63, 3.8) is 0 Å². The topological polar surface area (TPSA) is 110 Å². The normalized spacial score (nSPS) is 22.1. The molecule has 1 spiro atoms. The highest BCUT2D eigenvalue weighted by atomic mass is 16.6. The molecular weight excluding hydrogens is 328 g/mol. The van der Waals surface area contributed by atoms with E-state index in [9.17, 15) is 24.8 Å². The van der Waals surface area contributed by atoms with Gasteiger partial charge in [-0.3, -0.25) is 19.8 Å². The van der Waals surface area contributed by atoms with Crippen molar-refractivity contribution in [2.45, 2.75) is 50.8 Å². The first-order valence-electron chi connectivity index (χ1n) is 8.31. The molecule has 0 unspecified atom stereocenters. The third kappa shape index (κ3) is 2.97. The van der Waals surface area contributed by atoms with Crippen LogP contribution in [0.3, 0.4) is 0 Å². The molecule has 0 radical (unpaired) electrons. The van der Waals surface area contributed by atoms with E-state index in [2.05, 4.69) is 0 Å². The minimum absolute atomic E-state index is 0.0605. The molecular formula is C17H20N2O6. The number of carboxylic acid groups (broad SMARTS) is 1. The summed E-state index contributed by atoms with van der Waals surface area (Å²) in [6, 6.07) is 3.14. The lowest BCUT2D eigenvalue weighted by atomic mass is 9.89. The van der Waals surface area contributed by atoms with Crippen LogP contribution in [0, 0.1) is 17.0 Å². The Kier molecular flexibility index (Phi) is 4.47. The second-order valence-electron chi connectivity index (χ2n) is 6.61. The average Bonchev–Trinajstić information content (AvgIpc) is 2.94. The van der Waals surface area contributed by atoms with E-state index in [4.69, 9.17) is 4.74 Å². The average molecular weight is 348 g/mol. The van der Waals surface area contributed by atoms with Crippen LogP contribution in [0.5, 0.6) is 0 Å². The molecule has 2 aliphatic rings. The van der Waals surface area contributed by atoms with Crippen LogP contribution in [-0.4, -0.2) is 45.2 Å². The van der Waals surface area contributed by atoms with Gasteiger partial charge in [0, 0.05) is 17.2 Å². The van der Waals surface area contributed by atoms with Gasteiger partial charge >= 0.3 is 5.97 Å². The highest BCUT2D eigenvalue weighted by molar-refractivity contribution is 5.98. The van der Waals surface area contributed by atoms with E-state index in [0.29, 0.717) is 18.4 Å². The minimum Gasteiger partial charge on any atom is -0.480 e. The van der Waals surface area contributed by atoms with Gasteiger partial charge in [0.25, 0.3) is 11.6 Å². The predicted molar refractivity (Wildman–Crippen MR) is 87.2 cm³/mol. The standard InChI is InChI=1S/C17H20N2O6/c1-11-5-6-12(9-13(11)19(23)24)15(20)18-14(16(21)22)10-25-17(18)7-3-2-4-8-17/h5-6,9,14H,2-4,7-8,10H2,1H3,(H,21,22)/t14-/m1/s1. The molecule has 1 atom stereocenters. The second kappa shape index (κ2) is 6.44. The maximum atomic E-state index is 13.1. The lowest BCUT2D eigenvalue weighted by Crippen LogP contribution is -2.54. The summed E-state index contributed by atoms with van der Waals surface area (Å²) < 4.78 is 5.80. The summed E-state index contributed by atoms with van der Waals surface area (Å²) in [7, 11) is 0. The number of nitro groups is 1. The van der Waals surface area contributed by atoms with Crippen LogP contribution in [0.1, 0.15) is 48.0 Å². The van der Waals surface area contributed by atoms with E-state index >= 15 is 0 Å². The number of aliphatic carboxylic acids is 1. The first-order valence-corrected chi connectivity index (χ1v) is 8.31. The van der Waals surface area contributed by atoms with Gasteiger partial charge in [0.05, 0.1) is 11.5 Å². The molecule has 25 heavy (non-hydrogen) atoms. The fourth-order valence-corrected chi connectivity index (χ4v) is 3.74. The van der Waals surface area contributed by atoms with E-state index in [1.807, 2.05) is 0 Å². The fraction of sp³-hybridized carbons (Fsp3) is 0.529. The van der Waals surface area contributed by atoms with E-state index in [0.717, 1.165) is 19.3 Å². The Morgan fingerprint density at radius 1 is 1.32 bits per heavy atom. The van der Waals surface area contributed by atoms with Gasteiger partial charge in [0.1, 0.15) is 5.72 Å². The maximum Gasteiger partial charge on any atom is 0.328 e. The molecule has 1 amide bonds. The number of carboxylic acids is 1. The number of aryl methyl sites for hydroxylation is 1. The van der Waals surface area contributed by atoms with Crippen LogP contribution in [-0.2, 0) is 9.53 Å². The van der Waals surface area contributed by atoms with Crippen molar-refractivity contribution in [2.75, 3.05) is 6.61 Å². The van der Waals surface area contributed by atoms with Gasteiger partial charge in [-0.05, 0) is 38.7 Å². The van der Waals surface area contributed by atoms with Gasteiger partial charge in [0.15, 0.2) is 6.04 Å². The zero-order valence-electron chi connectivity index (χ0n) is 13.9. The number of hydrogen-bond donors (Lipinski definition) is 1. The Morgan fingerprint density at radius 3 is 2.60 bits per heavy atom. The summed E-state index contributed by atoms with van der Waals surface area (Å²) in [4.78, 5) is 36.6. The maximum absolute atomic E-state index is 13.1. The van der Waals surface area contributed by atoms with Gasteiger partial charge in [-0.2, -0.15) is 0 Å². The largest absolute Gasteiger partial charge is 0.480 e. The summed E-state index contributed by atoms with van der Waals surface area (Å²) >= 11 is 0. The summed E-state index contributed by atoms with van der Waals surface area (Å²) in [6.45, 7) is 1.53. The van der Waals surface area contributed by atoms with Crippen molar-refractivity contribution in [3.05, 3.63) is 39.4 Å². The van der Waals surface area contributed by atoms with Gasteiger partial charge in [-0.25, -0.2) is 4.79 Å². The van der Waals surface area contributed by atoms with Crippen molar-refractivity contribution >= 4 is 17.6 Å². The number of amides is 1. The molecule has 0 bridgehead atoms. The molecule has 1 heterocycles. The lowest BCUT2D eigenvalue weighted by molar-refractivity contribution is -0.385. The van der Waals surface area contributed by atoms with E-state index < -0.39 is 28.6 Å². The molecule has 1 aliphatic carbocycles. The fourth-order valence-electron chi connectivity index (χ4n) is 3.74. The highest BCUT2D eigenvalue weighted by Gasteiger charge is 2.53. The van der Waals surface area contributed by atoms with Crippen LogP contribution in [0.2, 0.25) is 0 Å². The van der Waals surface area contributed by atoms with Crippen molar-refractivity contribution in [1.82, 2.24) is 4.90 Å². The summed E-state index contributed by atoms with van der Waals surface area (Å²) in [5.41, 5.74) is -0.520. The zero-order chi connectivity index (χ0) is 18.2. The zero-order valence-corrected chi connectivity index (χ0v) is 13.9. The number of carbonyl (C=O) groups excluding carboxylic acids is 1. The Hall–Kier alpha value is -2.48. The number of ether oxygens (including phenoxy) is 1. The quantitative estimate of drug-likeness (QED) is 0.664. The smallest absolute Gasteiger partial charge is 0.328 e. The van der Waals surface area contributed by atoms with Crippen LogP contribution in [0.15, 0.2) is 18.2 Å².